The molecule has 0 aliphatic rings. The standard InChI is InChI=1S/C14H21NO2/c1-14(2,3)10-13(17)15-12-6-4-11(5-7-12)8-9-16/h4-7,16H,8-10H2,1-3H3,(H,15,17). The number of carbonyl (C=O) groups is 1. The summed E-state index contributed by atoms with van der Waals surface area (Å²) in [7, 11) is 0. The van der Waals surface area contributed by atoms with Crippen LogP contribution in [0.2, 0.25) is 0 Å². The first-order valence-electron chi connectivity index (χ1n) is 5.90. The second-order valence-electron chi connectivity index (χ2n) is 5.46. The van der Waals surface area contributed by atoms with E-state index in [4.69, 9.17) is 5.11 Å². The Morgan fingerprint density at radius 2 is 1.82 bits per heavy atom. The Balaban J connectivity index is 2.54. The van der Waals surface area contributed by atoms with Crippen LogP contribution in [0.1, 0.15) is 32.8 Å². The van der Waals surface area contributed by atoms with Crippen molar-refractivity contribution >= 4 is 11.6 Å². The molecule has 0 aliphatic carbocycles. The third-order valence-corrected chi connectivity index (χ3v) is 2.33. The molecule has 0 radical (unpaired) electrons. The van der Waals surface area contributed by atoms with Crippen molar-refractivity contribution in [3.63, 3.8) is 0 Å². The highest BCUT2D eigenvalue weighted by molar-refractivity contribution is 5.91. The molecule has 0 saturated carbocycles. The summed E-state index contributed by atoms with van der Waals surface area (Å²) in [5.41, 5.74) is 1.88. The zero-order valence-electron chi connectivity index (χ0n) is 10.8. The lowest BCUT2D eigenvalue weighted by atomic mass is 9.92. The van der Waals surface area contributed by atoms with E-state index in [0.717, 1.165) is 11.3 Å². The van der Waals surface area contributed by atoms with Gasteiger partial charge in [-0.1, -0.05) is 32.9 Å². The van der Waals surface area contributed by atoms with Gasteiger partial charge in [-0.25, -0.2) is 0 Å². The molecule has 0 unspecified atom stereocenters. The largest absolute Gasteiger partial charge is 0.396 e. The lowest BCUT2D eigenvalue weighted by molar-refractivity contribution is -0.117. The Bertz CT molecular complexity index is 363. The van der Waals surface area contributed by atoms with Gasteiger partial charge in [-0.2, -0.15) is 0 Å². The maximum atomic E-state index is 11.7. The molecule has 0 bridgehead atoms. The Morgan fingerprint density at radius 3 is 2.29 bits per heavy atom. The Morgan fingerprint density at radius 1 is 1.24 bits per heavy atom. The van der Waals surface area contributed by atoms with Gasteiger partial charge in [0.1, 0.15) is 0 Å². The van der Waals surface area contributed by atoms with Gasteiger partial charge in [-0.05, 0) is 29.5 Å². The van der Waals surface area contributed by atoms with Crippen LogP contribution in [0.15, 0.2) is 24.3 Å². The maximum Gasteiger partial charge on any atom is 0.224 e. The number of carbonyl (C=O) groups excluding carboxylic acids is 1. The summed E-state index contributed by atoms with van der Waals surface area (Å²) in [6.07, 6.45) is 1.15. The molecule has 1 aromatic rings. The fourth-order valence-electron chi connectivity index (χ4n) is 1.57. The zero-order valence-corrected chi connectivity index (χ0v) is 10.8. The minimum Gasteiger partial charge on any atom is -0.396 e. The summed E-state index contributed by atoms with van der Waals surface area (Å²) < 4.78 is 0. The average molecular weight is 235 g/mol. The van der Waals surface area contributed by atoms with Crippen molar-refractivity contribution in [1.29, 1.82) is 0 Å². The lowest BCUT2D eigenvalue weighted by Crippen LogP contribution is -2.19. The highest BCUT2D eigenvalue weighted by Gasteiger charge is 2.15. The first-order valence-corrected chi connectivity index (χ1v) is 5.90. The van der Waals surface area contributed by atoms with Crippen molar-refractivity contribution < 1.29 is 9.90 Å². The zero-order chi connectivity index (χ0) is 12.9. The minimum absolute atomic E-state index is 0.000905. The molecule has 2 N–H and O–H groups in total. The van der Waals surface area contributed by atoms with Crippen molar-refractivity contribution in [2.24, 2.45) is 5.41 Å². The fourth-order valence-corrected chi connectivity index (χ4v) is 1.57. The van der Waals surface area contributed by atoms with Crippen LogP contribution >= 0.6 is 0 Å². The van der Waals surface area contributed by atoms with Gasteiger partial charge < -0.3 is 10.4 Å². The highest BCUT2D eigenvalue weighted by Crippen LogP contribution is 2.19. The normalized spacial score (nSPS) is 11.3. The number of amides is 1. The van der Waals surface area contributed by atoms with Gasteiger partial charge in [0.15, 0.2) is 0 Å². The summed E-state index contributed by atoms with van der Waals surface area (Å²) >= 11 is 0. The van der Waals surface area contributed by atoms with Crippen LogP contribution in [0, 0.1) is 5.41 Å². The van der Waals surface area contributed by atoms with Gasteiger partial charge in [0.2, 0.25) is 5.91 Å². The quantitative estimate of drug-likeness (QED) is 0.842. The molecule has 0 atom stereocenters. The molecule has 0 aromatic heterocycles. The van der Waals surface area contributed by atoms with E-state index in [1.807, 2.05) is 45.0 Å². The molecule has 0 fully saturated rings. The van der Waals surface area contributed by atoms with Gasteiger partial charge >= 0.3 is 0 Å². The van der Waals surface area contributed by atoms with E-state index in [0.29, 0.717) is 12.8 Å². The monoisotopic (exact) mass is 235 g/mol. The van der Waals surface area contributed by atoms with Crippen LogP contribution < -0.4 is 5.32 Å². The van der Waals surface area contributed by atoms with Gasteiger partial charge in [0, 0.05) is 18.7 Å². The molecule has 94 valence electrons. The Kier molecular flexibility index (Phi) is 4.70. The van der Waals surface area contributed by atoms with E-state index in [2.05, 4.69) is 5.32 Å². The third-order valence-electron chi connectivity index (χ3n) is 2.33. The summed E-state index contributed by atoms with van der Waals surface area (Å²) in [6.45, 7) is 6.26. The number of anilines is 1. The van der Waals surface area contributed by atoms with E-state index in [1.54, 1.807) is 0 Å². The first-order chi connectivity index (χ1) is 7.90. The van der Waals surface area contributed by atoms with Crippen LogP contribution in [0.5, 0.6) is 0 Å². The van der Waals surface area contributed by atoms with Crippen molar-refractivity contribution in [2.75, 3.05) is 11.9 Å². The molecule has 3 nitrogen and oxygen atoms in total. The van der Waals surface area contributed by atoms with Crippen LogP contribution in [-0.4, -0.2) is 17.6 Å². The van der Waals surface area contributed by atoms with Crippen LogP contribution in [0.25, 0.3) is 0 Å². The number of aliphatic hydroxyl groups is 1. The smallest absolute Gasteiger partial charge is 0.224 e. The number of rotatable bonds is 4. The summed E-state index contributed by atoms with van der Waals surface area (Å²) in [5, 5.41) is 11.7. The van der Waals surface area contributed by atoms with E-state index in [1.165, 1.54) is 0 Å². The minimum atomic E-state index is 0.000905. The molecule has 1 amide bonds. The molecular formula is C14H21NO2. The molecule has 1 aromatic carbocycles. The number of nitrogens with one attached hydrogen (secondary N) is 1. The number of aliphatic hydroxyl groups excluding tert-OH is 1. The molecule has 0 aliphatic heterocycles. The summed E-state index contributed by atoms with van der Waals surface area (Å²) in [6, 6.07) is 7.57. The van der Waals surface area contributed by atoms with Crippen molar-refractivity contribution in [1.82, 2.24) is 0 Å². The molecule has 1 rings (SSSR count). The molecular weight excluding hydrogens is 214 g/mol. The van der Waals surface area contributed by atoms with E-state index >= 15 is 0 Å². The molecule has 3 heteroatoms. The van der Waals surface area contributed by atoms with Gasteiger partial charge in [0.25, 0.3) is 0 Å². The predicted molar refractivity (Wildman–Crippen MR) is 69.9 cm³/mol. The number of benzene rings is 1. The fraction of sp³-hybridized carbons (Fsp3) is 0.500. The van der Waals surface area contributed by atoms with Crippen LogP contribution in [0.3, 0.4) is 0 Å². The first kappa shape index (κ1) is 13.7. The maximum absolute atomic E-state index is 11.7. The number of hydrogen-bond acceptors (Lipinski definition) is 2. The predicted octanol–water partition coefficient (Wildman–Crippen LogP) is 2.60. The molecule has 0 saturated heterocycles. The van der Waals surface area contributed by atoms with Gasteiger partial charge in [-0.15, -0.1) is 0 Å². The Labute approximate surface area is 103 Å². The van der Waals surface area contributed by atoms with E-state index in [9.17, 15) is 4.79 Å². The SMILES string of the molecule is CC(C)(C)CC(=O)Nc1ccc(CCO)cc1. The summed E-state index contributed by atoms with van der Waals surface area (Å²) in [5.74, 6) is 0.0346. The lowest BCUT2D eigenvalue weighted by Gasteiger charge is -2.17. The average Bonchev–Trinajstić information content (AvgIpc) is 2.18. The second-order valence-corrected chi connectivity index (χ2v) is 5.46. The van der Waals surface area contributed by atoms with Crippen LogP contribution in [0.4, 0.5) is 5.69 Å². The highest BCUT2D eigenvalue weighted by atomic mass is 16.2. The Hall–Kier alpha value is -1.35. The van der Waals surface area contributed by atoms with Gasteiger partial charge in [0.05, 0.1) is 0 Å². The third kappa shape index (κ3) is 5.50. The molecule has 0 heterocycles. The number of hydrogen-bond donors (Lipinski definition) is 2. The van der Waals surface area contributed by atoms with Gasteiger partial charge in [-0.3, -0.25) is 4.79 Å². The molecule has 17 heavy (non-hydrogen) atoms. The van der Waals surface area contributed by atoms with E-state index in [-0.39, 0.29) is 17.9 Å². The van der Waals surface area contributed by atoms with Crippen molar-refractivity contribution in [2.45, 2.75) is 33.6 Å². The topological polar surface area (TPSA) is 49.3 Å². The van der Waals surface area contributed by atoms with E-state index < -0.39 is 0 Å². The second kappa shape index (κ2) is 5.82. The van der Waals surface area contributed by atoms with Crippen molar-refractivity contribution in [3.8, 4) is 0 Å². The van der Waals surface area contributed by atoms with Crippen molar-refractivity contribution in [3.05, 3.63) is 29.8 Å². The summed E-state index contributed by atoms with van der Waals surface area (Å²) in [4.78, 5) is 11.7. The van der Waals surface area contributed by atoms with Crippen LogP contribution in [-0.2, 0) is 11.2 Å². The molecule has 0 spiro atoms.